The van der Waals surface area contributed by atoms with E-state index in [1.54, 1.807) is 4.73 Å². The molecule has 0 unspecified atom stereocenters. The molecule has 0 fully saturated rings. The van der Waals surface area contributed by atoms with Gasteiger partial charge in [-0.1, -0.05) is 51.5 Å². The molecule has 0 aliphatic rings. The highest BCUT2D eigenvalue weighted by molar-refractivity contribution is 4.83. The lowest BCUT2D eigenvalue weighted by Gasteiger charge is -2.17. The zero-order valence-corrected chi connectivity index (χ0v) is 13.9. The van der Waals surface area contributed by atoms with Crippen molar-refractivity contribution in [3.05, 3.63) is 30.6 Å². The van der Waals surface area contributed by atoms with E-state index >= 15 is 0 Å². The largest absolute Gasteiger partial charge is 0.271 e. The molecule has 0 aliphatic carbocycles. The van der Waals surface area contributed by atoms with E-state index in [2.05, 4.69) is 6.92 Å². The molecule has 0 aliphatic heterocycles. The van der Waals surface area contributed by atoms with E-state index in [1.165, 1.54) is 44.9 Å². The molecule has 1 aromatic rings. The minimum atomic E-state index is -4.94. The smallest absolute Gasteiger partial charge is 0.222 e. The average molecular weight is 336 g/mol. The van der Waals surface area contributed by atoms with Crippen LogP contribution in [-0.4, -0.2) is 6.61 Å². The molecule has 0 aromatic carbocycles. The Morgan fingerprint density at radius 1 is 0.773 bits per heavy atom. The Labute approximate surface area is 134 Å². The maximum absolute atomic E-state index is 8.49. The number of aromatic nitrogens is 1. The second kappa shape index (κ2) is 13.7. The summed E-state index contributed by atoms with van der Waals surface area (Å²) >= 11 is 0. The fraction of sp³-hybridized carbons (Fsp3) is 0.667. The molecule has 0 atom stereocenters. The number of hydrogen-bond acceptors (Lipinski definition) is 5. The third-order valence-corrected chi connectivity index (χ3v) is 2.93. The van der Waals surface area contributed by atoms with Crippen molar-refractivity contribution in [2.45, 2.75) is 58.3 Å². The first kappa shape index (κ1) is 21.1. The van der Waals surface area contributed by atoms with Gasteiger partial charge >= 0.3 is 0 Å². The van der Waals surface area contributed by atoms with Crippen LogP contribution < -0.4 is 28.2 Å². The zero-order valence-electron chi connectivity index (χ0n) is 13.1. The fourth-order valence-corrected chi connectivity index (χ4v) is 1.87. The summed E-state index contributed by atoms with van der Waals surface area (Å²) in [6.45, 7) is 3.09. The van der Waals surface area contributed by atoms with Crippen molar-refractivity contribution in [2.75, 3.05) is 6.61 Å². The van der Waals surface area contributed by atoms with Gasteiger partial charge in [-0.25, -0.2) is 18.6 Å². The van der Waals surface area contributed by atoms with Crippen LogP contribution in [0.1, 0.15) is 58.3 Å². The highest BCUT2D eigenvalue weighted by atomic mass is 35.7. The lowest BCUT2D eigenvalue weighted by atomic mass is 10.1. The van der Waals surface area contributed by atoms with Crippen LogP contribution in [0.5, 0.6) is 0 Å². The number of pyridine rings is 1. The van der Waals surface area contributed by atoms with Crippen molar-refractivity contribution in [1.82, 2.24) is 0 Å². The van der Waals surface area contributed by atoms with Crippen LogP contribution in [0.25, 0.3) is 0 Å². The molecule has 7 heteroatoms. The Kier molecular flexibility index (Phi) is 13.1. The molecule has 0 bridgehead atoms. The minimum absolute atomic E-state index is 0.823. The number of halogens is 1. The standard InChI is InChI=1S/C15H26NO.ClHO4/c1-2-3-4-5-6-7-8-12-15-17-16-13-10-9-11-14-16;2-1(3,4)5/h9-11,13-14H,2-8,12,15H2,1H3;(H,2,3,4,5)/q+1;/p-1. The first-order valence-corrected chi connectivity index (χ1v) is 8.88. The van der Waals surface area contributed by atoms with Crippen LogP contribution in [-0.2, 0) is 0 Å². The molecule has 0 saturated carbocycles. The van der Waals surface area contributed by atoms with Crippen molar-refractivity contribution < 1.29 is 38.4 Å². The van der Waals surface area contributed by atoms with Gasteiger partial charge in [0, 0.05) is 16.9 Å². The van der Waals surface area contributed by atoms with Gasteiger partial charge in [0.1, 0.15) is 0 Å². The summed E-state index contributed by atoms with van der Waals surface area (Å²) in [7, 11) is -4.94. The van der Waals surface area contributed by atoms with Crippen LogP contribution in [0.3, 0.4) is 0 Å². The molecule has 0 amide bonds. The summed E-state index contributed by atoms with van der Waals surface area (Å²) in [5.41, 5.74) is 0. The van der Waals surface area contributed by atoms with Crippen molar-refractivity contribution in [2.24, 2.45) is 0 Å². The van der Waals surface area contributed by atoms with Crippen molar-refractivity contribution >= 4 is 0 Å². The molecule has 0 N–H and O–H groups in total. The van der Waals surface area contributed by atoms with Gasteiger partial charge in [-0.3, -0.25) is 4.84 Å². The maximum Gasteiger partial charge on any atom is 0.222 e. The third-order valence-electron chi connectivity index (χ3n) is 2.93. The van der Waals surface area contributed by atoms with Crippen molar-refractivity contribution in [3.63, 3.8) is 0 Å². The molecular weight excluding hydrogens is 310 g/mol. The molecule has 22 heavy (non-hydrogen) atoms. The van der Waals surface area contributed by atoms with Crippen LogP contribution >= 0.6 is 0 Å². The van der Waals surface area contributed by atoms with E-state index in [0.29, 0.717) is 0 Å². The summed E-state index contributed by atoms with van der Waals surface area (Å²) in [4.78, 5) is 5.57. The predicted octanol–water partition coefficient (Wildman–Crippen LogP) is -1.21. The van der Waals surface area contributed by atoms with E-state index < -0.39 is 10.2 Å². The van der Waals surface area contributed by atoms with Gasteiger partial charge < -0.3 is 0 Å². The maximum atomic E-state index is 8.49. The van der Waals surface area contributed by atoms with Crippen molar-refractivity contribution in [1.29, 1.82) is 0 Å². The fourth-order valence-electron chi connectivity index (χ4n) is 1.87. The van der Waals surface area contributed by atoms with Crippen LogP contribution in [0.4, 0.5) is 0 Å². The second-order valence-corrected chi connectivity index (χ2v) is 5.68. The summed E-state index contributed by atoms with van der Waals surface area (Å²) in [5, 5.41) is 0. The van der Waals surface area contributed by atoms with Crippen LogP contribution in [0, 0.1) is 10.2 Å². The lowest BCUT2D eigenvalue weighted by Crippen LogP contribution is -2.68. The molecule has 1 rings (SSSR count). The van der Waals surface area contributed by atoms with E-state index in [9.17, 15) is 0 Å². The molecule has 0 radical (unpaired) electrons. The number of unbranched alkanes of at least 4 members (excludes halogenated alkanes) is 7. The molecule has 128 valence electrons. The molecule has 6 nitrogen and oxygen atoms in total. The SMILES string of the molecule is CCCCCCCCCCO[n+]1ccccc1.[O-][Cl+3]([O-])([O-])[O-]. The lowest BCUT2D eigenvalue weighted by molar-refractivity contribution is -2.00. The monoisotopic (exact) mass is 335 g/mol. The van der Waals surface area contributed by atoms with Gasteiger partial charge in [0.25, 0.3) is 0 Å². The first-order valence-electron chi connectivity index (χ1n) is 7.65. The summed E-state index contributed by atoms with van der Waals surface area (Å²) < 4.78 is 35.8. The van der Waals surface area contributed by atoms with E-state index in [-0.39, 0.29) is 0 Å². The Bertz CT molecular complexity index is 340. The van der Waals surface area contributed by atoms with Gasteiger partial charge in [0.2, 0.25) is 12.4 Å². The predicted molar refractivity (Wildman–Crippen MR) is 70.7 cm³/mol. The number of hydrogen-bond donors (Lipinski definition) is 0. The molecular formula is C15H26ClNO5. The molecule has 0 spiro atoms. The molecule has 1 aromatic heterocycles. The number of nitrogens with zero attached hydrogens (tertiary/aromatic N) is 1. The Morgan fingerprint density at radius 2 is 1.23 bits per heavy atom. The third kappa shape index (κ3) is 19.1. The molecule has 0 saturated heterocycles. The van der Waals surface area contributed by atoms with Gasteiger partial charge in [-0.05, 0) is 12.8 Å². The minimum Gasteiger partial charge on any atom is -0.271 e. The normalized spacial score (nSPS) is 10.8. The summed E-state index contributed by atoms with van der Waals surface area (Å²) in [5.74, 6) is 0. The Balaban J connectivity index is 0.000000763. The summed E-state index contributed by atoms with van der Waals surface area (Å²) in [6, 6.07) is 5.96. The van der Waals surface area contributed by atoms with Gasteiger partial charge in [0.15, 0.2) is 6.61 Å². The topological polar surface area (TPSA) is 105 Å². The molecule has 1 heterocycles. The number of rotatable bonds is 10. The Hall–Kier alpha value is -0.920. The Morgan fingerprint density at radius 3 is 1.73 bits per heavy atom. The quantitative estimate of drug-likeness (QED) is 0.394. The van der Waals surface area contributed by atoms with E-state index in [0.717, 1.165) is 13.0 Å². The van der Waals surface area contributed by atoms with Gasteiger partial charge in [-0.15, -0.1) is 10.2 Å². The van der Waals surface area contributed by atoms with Gasteiger partial charge in [0.05, 0.1) is 0 Å². The highest BCUT2D eigenvalue weighted by Gasteiger charge is 1.98. The average Bonchev–Trinajstić information content (AvgIpc) is 2.45. The van der Waals surface area contributed by atoms with Crippen molar-refractivity contribution in [3.8, 4) is 0 Å². The second-order valence-electron chi connectivity index (χ2n) is 4.92. The first-order chi connectivity index (χ1) is 10.4. The van der Waals surface area contributed by atoms with Gasteiger partial charge in [-0.2, -0.15) is 0 Å². The van der Waals surface area contributed by atoms with E-state index in [1.807, 2.05) is 30.6 Å². The van der Waals surface area contributed by atoms with E-state index in [4.69, 9.17) is 23.5 Å². The summed E-state index contributed by atoms with van der Waals surface area (Å²) in [6.07, 6.45) is 14.6. The van der Waals surface area contributed by atoms with Crippen LogP contribution in [0.15, 0.2) is 30.6 Å². The highest BCUT2D eigenvalue weighted by Crippen LogP contribution is 2.07. The zero-order chi connectivity index (χ0) is 16.7. The van der Waals surface area contributed by atoms with Crippen LogP contribution in [0.2, 0.25) is 0 Å².